The van der Waals surface area contributed by atoms with Crippen molar-refractivity contribution in [3.05, 3.63) is 54.2 Å². The first-order valence-electron chi connectivity index (χ1n) is 6.35. The number of rotatable bonds is 6. The summed E-state index contributed by atoms with van der Waals surface area (Å²) in [6, 6.07) is 13.3. The molecule has 1 aromatic carbocycles. The van der Waals surface area contributed by atoms with E-state index >= 15 is 0 Å². The Balaban J connectivity index is 1.88. The molecule has 100 valence electrons. The van der Waals surface area contributed by atoms with E-state index in [1.165, 1.54) is 0 Å². The highest BCUT2D eigenvalue weighted by molar-refractivity contribution is 5.42. The Kier molecular flexibility index (Phi) is 4.75. The quantitative estimate of drug-likeness (QED) is 0.836. The summed E-state index contributed by atoms with van der Waals surface area (Å²) in [6.45, 7) is 2.97. The molecule has 4 heteroatoms. The second-order valence-electron chi connectivity index (χ2n) is 4.13. The minimum Gasteiger partial charge on any atom is -0.478 e. The molecular formula is C15H18N2O2. The topological polar surface area (TPSA) is 54.4 Å². The molecule has 2 rings (SSSR count). The van der Waals surface area contributed by atoms with E-state index < -0.39 is 6.10 Å². The van der Waals surface area contributed by atoms with Gasteiger partial charge in [-0.15, -0.1) is 0 Å². The number of pyridine rings is 1. The van der Waals surface area contributed by atoms with E-state index in [4.69, 9.17) is 4.74 Å². The van der Waals surface area contributed by atoms with Gasteiger partial charge in [0.1, 0.15) is 0 Å². The zero-order valence-corrected chi connectivity index (χ0v) is 10.9. The molecular weight excluding hydrogens is 240 g/mol. The van der Waals surface area contributed by atoms with Crippen molar-refractivity contribution in [1.82, 2.24) is 4.98 Å². The fraction of sp³-hybridized carbons (Fsp3) is 0.267. The molecule has 4 nitrogen and oxygen atoms in total. The summed E-state index contributed by atoms with van der Waals surface area (Å²) in [7, 11) is 0. The van der Waals surface area contributed by atoms with Crippen molar-refractivity contribution in [1.29, 1.82) is 0 Å². The van der Waals surface area contributed by atoms with Crippen LogP contribution >= 0.6 is 0 Å². The lowest BCUT2D eigenvalue weighted by Crippen LogP contribution is -2.12. The number of nitrogens with zero attached hydrogens (tertiary/aromatic N) is 1. The molecule has 0 aliphatic carbocycles. The van der Waals surface area contributed by atoms with Gasteiger partial charge >= 0.3 is 0 Å². The molecule has 0 aliphatic heterocycles. The first kappa shape index (κ1) is 13.4. The zero-order chi connectivity index (χ0) is 13.5. The number of hydrogen-bond donors (Lipinski definition) is 2. The van der Waals surface area contributed by atoms with Gasteiger partial charge in [-0.1, -0.05) is 30.3 Å². The van der Waals surface area contributed by atoms with Crippen LogP contribution < -0.4 is 10.1 Å². The Bertz CT molecular complexity index is 485. The van der Waals surface area contributed by atoms with Crippen LogP contribution in [-0.4, -0.2) is 23.2 Å². The van der Waals surface area contributed by atoms with E-state index in [2.05, 4.69) is 10.3 Å². The van der Waals surface area contributed by atoms with Gasteiger partial charge in [0, 0.05) is 12.6 Å². The lowest BCUT2D eigenvalue weighted by Gasteiger charge is -2.13. The number of aromatic nitrogens is 1. The lowest BCUT2D eigenvalue weighted by atomic mass is 10.1. The maximum absolute atomic E-state index is 10.0. The molecule has 1 aromatic heterocycles. The third-order valence-electron chi connectivity index (χ3n) is 2.71. The van der Waals surface area contributed by atoms with Gasteiger partial charge in [0.15, 0.2) is 0 Å². The van der Waals surface area contributed by atoms with Crippen molar-refractivity contribution in [3.8, 4) is 5.88 Å². The fourth-order valence-corrected chi connectivity index (χ4v) is 1.73. The summed E-state index contributed by atoms with van der Waals surface area (Å²) in [4.78, 5) is 4.15. The first-order valence-corrected chi connectivity index (χ1v) is 6.35. The van der Waals surface area contributed by atoms with Gasteiger partial charge in [-0.3, -0.25) is 0 Å². The highest BCUT2D eigenvalue weighted by atomic mass is 16.5. The molecule has 1 atom stereocenters. The van der Waals surface area contributed by atoms with Crippen molar-refractivity contribution in [2.75, 3.05) is 18.5 Å². The van der Waals surface area contributed by atoms with Crippen molar-refractivity contribution < 1.29 is 9.84 Å². The number of benzene rings is 1. The molecule has 2 aromatic rings. The molecule has 0 amide bonds. The minimum absolute atomic E-state index is 0.444. The monoisotopic (exact) mass is 258 g/mol. The van der Waals surface area contributed by atoms with E-state index in [9.17, 15) is 5.11 Å². The molecule has 1 heterocycles. The van der Waals surface area contributed by atoms with Gasteiger partial charge in [-0.25, -0.2) is 4.98 Å². The summed E-state index contributed by atoms with van der Waals surface area (Å²) >= 11 is 0. The van der Waals surface area contributed by atoms with Crippen LogP contribution in [0.25, 0.3) is 0 Å². The SMILES string of the molecule is CCOc1ccc(NCC(O)c2ccccc2)cn1. The van der Waals surface area contributed by atoms with Gasteiger partial charge in [0.2, 0.25) is 5.88 Å². The standard InChI is InChI=1S/C15H18N2O2/c1-2-19-15-9-8-13(10-17-15)16-11-14(18)12-6-4-3-5-7-12/h3-10,14,16,18H,2,11H2,1H3. The summed E-state index contributed by atoms with van der Waals surface area (Å²) in [5.74, 6) is 0.608. The van der Waals surface area contributed by atoms with Gasteiger partial charge in [-0.05, 0) is 18.6 Å². The predicted molar refractivity (Wildman–Crippen MR) is 75.3 cm³/mol. The summed E-state index contributed by atoms with van der Waals surface area (Å²) in [5.41, 5.74) is 1.76. The molecule has 0 saturated heterocycles. The smallest absolute Gasteiger partial charge is 0.213 e. The number of nitrogens with one attached hydrogen (secondary N) is 1. The molecule has 0 radical (unpaired) electrons. The van der Waals surface area contributed by atoms with Crippen LogP contribution in [0.3, 0.4) is 0 Å². The molecule has 0 spiro atoms. The van der Waals surface area contributed by atoms with E-state index in [0.717, 1.165) is 11.3 Å². The first-order chi connectivity index (χ1) is 9.29. The zero-order valence-electron chi connectivity index (χ0n) is 10.9. The van der Waals surface area contributed by atoms with E-state index in [-0.39, 0.29) is 0 Å². The van der Waals surface area contributed by atoms with Crippen LogP contribution in [-0.2, 0) is 0 Å². The van der Waals surface area contributed by atoms with Crippen LogP contribution in [0.4, 0.5) is 5.69 Å². The molecule has 2 N–H and O–H groups in total. The number of aliphatic hydroxyl groups is 1. The van der Waals surface area contributed by atoms with Crippen LogP contribution in [0, 0.1) is 0 Å². The van der Waals surface area contributed by atoms with Crippen LogP contribution in [0.5, 0.6) is 5.88 Å². The van der Waals surface area contributed by atoms with Crippen LogP contribution in [0.1, 0.15) is 18.6 Å². The average molecular weight is 258 g/mol. The third kappa shape index (κ3) is 3.96. The third-order valence-corrected chi connectivity index (χ3v) is 2.71. The van der Waals surface area contributed by atoms with Crippen molar-refractivity contribution in [2.45, 2.75) is 13.0 Å². The van der Waals surface area contributed by atoms with Crippen molar-refractivity contribution in [3.63, 3.8) is 0 Å². The Morgan fingerprint density at radius 3 is 2.63 bits per heavy atom. The fourth-order valence-electron chi connectivity index (χ4n) is 1.73. The van der Waals surface area contributed by atoms with E-state index in [0.29, 0.717) is 19.0 Å². The second kappa shape index (κ2) is 6.75. The van der Waals surface area contributed by atoms with Crippen LogP contribution in [0.2, 0.25) is 0 Å². The Hall–Kier alpha value is -2.07. The molecule has 0 saturated carbocycles. The summed E-state index contributed by atoms with van der Waals surface area (Å²) < 4.78 is 5.27. The van der Waals surface area contributed by atoms with Crippen molar-refractivity contribution in [2.24, 2.45) is 0 Å². The highest BCUT2D eigenvalue weighted by Gasteiger charge is 2.06. The number of anilines is 1. The van der Waals surface area contributed by atoms with Gasteiger partial charge in [0.25, 0.3) is 0 Å². The number of hydrogen-bond acceptors (Lipinski definition) is 4. The van der Waals surface area contributed by atoms with Crippen LogP contribution in [0.15, 0.2) is 48.7 Å². The summed E-state index contributed by atoms with van der Waals surface area (Å²) in [6.07, 6.45) is 1.16. The van der Waals surface area contributed by atoms with E-state index in [1.54, 1.807) is 12.3 Å². The van der Waals surface area contributed by atoms with Gasteiger partial charge in [-0.2, -0.15) is 0 Å². The Morgan fingerprint density at radius 2 is 2.00 bits per heavy atom. The maximum Gasteiger partial charge on any atom is 0.213 e. The Morgan fingerprint density at radius 1 is 1.21 bits per heavy atom. The summed E-state index contributed by atoms with van der Waals surface area (Å²) in [5, 5.41) is 13.2. The normalized spacial score (nSPS) is 11.9. The predicted octanol–water partition coefficient (Wildman–Crippen LogP) is 2.63. The molecule has 0 aliphatic rings. The average Bonchev–Trinajstić information content (AvgIpc) is 2.47. The van der Waals surface area contributed by atoms with E-state index in [1.807, 2.05) is 43.3 Å². The highest BCUT2D eigenvalue weighted by Crippen LogP contribution is 2.15. The molecule has 0 fully saturated rings. The molecule has 1 unspecified atom stereocenters. The maximum atomic E-state index is 10.0. The molecule has 0 bridgehead atoms. The Labute approximate surface area is 113 Å². The largest absolute Gasteiger partial charge is 0.478 e. The van der Waals surface area contributed by atoms with Gasteiger partial charge < -0.3 is 15.2 Å². The number of aliphatic hydroxyl groups excluding tert-OH is 1. The minimum atomic E-state index is -0.534. The molecule has 19 heavy (non-hydrogen) atoms. The number of ether oxygens (including phenoxy) is 1. The second-order valence-corrected chi connectivity index (χ2v) is 4.13. The van der Waals surface area contributed by atoms with Gasteiger partial charge in [0.05, 0.1) is 24.6 Å². The lowest BCUT2D eigenvalue weighted by molar-refractivity contribution is 0.191. The van der Waals surface area contributed by atoms with Crippen molar-refractivity contribution >= 4 is 5.69 Å².